The molecule has 0 aliphatic carbocycles. The minimum absolute atomic E-state index is 0.233. The number of hydrogen-bond acceptors (Lipinski definition) is 1. The summed E-state index contributed by atoms with van der Waals surface area (Å²) in [4.78, 5) is 14.0. The Morgan fingerprint density at radius 2 is 1.89 bits per heavy atom. The van der Waals surface area contributed by atoms with Crippen molar-refractivity contribution in [3.8, 4) is 0 Å². The molecule has 96 valence electrons. The maximum absolute atomic E-state index is 10.6. The van der Waals surface area contributed by atoms with E-state index in [1.807, 2.05) is 0 Å². The van der Waals surface area contributed by atoms with Crippen LogP contribution in [-0.2, 0) is 11.2 Å². The van der Waals surface area contributed by atoms with Crippen LogP contribution in [0, 0.1) is 20.8 Å². The number of H-pyrrole nitrogens is 1. The summed E-state index contributed by atoms with van der Waals surface area (Å²) in [6.07, 6.45) is 1.75. The minimum atomic E-state index is -0.722. The van der Waals surface area contributed by atoms with E-state index in [1.54, 1.807) is 0 Å². The lowest BCUT2D eigenvalue weighted by Gasteiger charge is -2.04. The second-order valence-electron chi connectivity index (χ2n) is 4.93. The lowest BCUT2D eigenvalue weighted by atomic mass is 9.99. The zero-order chi connectivity index (χ0) is 13.3. The first kappa shape index (κ1) is 12.7. The van der Waals surface area contributed by atoms with Crippen LogP contribution in [0.25, 0.3) is 10.9 Å². The van der Waals surface area contributed by atoms with Crippen molar-refractivity contribution in [2.24, 2.45) is 0 Å². The van der Waals surface area contributed by atoms with Crippen molar-refractivity contribution in [2.75, 3.05) is 0 Å². The number of aliphatic carboxylic acids is 1. The summed E-state index contributed by atoms with van der Waals surface area (Å²) in [6, 6.07) is 4.25. The lowest BCUT2D eigenvalue weighted by molar-refractivity contribution is -0.137. The molecule has 0 spiro atoms. The Morgan fingerprint density at radius 3 is 2.56 bits per heavy atom. The molecule has 1 aromatic carbocycles. The van der Waals surface area contributed by atoms with Crippen molar-refractivity contribution in [1.29, 1.82) is 0 Å². The number of benzene rings is 1. The summed E-state index contributed by atoms with van der Waals surface area (Å²) in [5, 5.41) is 9.99. The van der Waals surface area contributed by atoms with Gasteiger partial charge in [0.25, 0.3) is 0 Å². The SMILES string of the molecule is Cc1[nH]c2c(C)ccc(C)c2c1CCCC(=O)O. The molecule has 0 fully saturated rings. The fraction of sp³-hybridized carbons (Fsp3) is 0.400. The van der Waals surface area contributed by atoms with Gasteiger partial charge in [0, 0.05) is 23.0 Å². The molecule has 0 aliphatic rings. The van der Waals surface area contributed by atoms with Gasteiger partial charge in [-0.3, -0.25) is 4.79 Å². The number of hydrogen-bond donors (Lipinski definition) is 2. The number of carboxylic acid groups (broad SMARTS) is 1. The number of aromatic nitrogens is 1. The second-order valence-corrected chi connectivity index (χ2v) is 4.93. The highest BCUT2D eigenvalue weighted by molar-refractivity contribution is 5.90. The third kappa shape index (κ3) is 2.26. The Balaban J connectivity index is 2.40. The van der Waals surface area contributed by atoms with Crippen molar-refractivity contribution in [2.45, 2.75) is 40.0 Å². The summed E-state index contributed by atoms with van der Waals surface area (Å²) in [6.45, 7) is 6.27. The summed E-state index contributed by atoms with van der Waals surface area (Å²) in [7, 11) is 0. The van der Waals surface area contributed by atoms with Gasteiger partial charge >= 0.3 is 5.97 Å². The molecule has 0 atom stereocenters. The number of rotatable bonds is 4. The Hall–Kier alpha value is -1.77. The molecule has 1 heterocycles. The van der Waals surface area contributed by atoms with E-state index in [1.165, 1.54) is 27.6 Å². The van der Waals surface area contributed by atoms with Gasteiger partial charge in [-0.1, -0.05) is 12.1 Å². The highest BCUT2D eigenvalue weighted by Crippen LogP contribution is 2.29. The number of fused-ring (bicyclic) bond motifs is 1. The van der Waals surface area contributed by atoms with Crippen LogP contribution in [-0.4, -0.2) is 16.1 Å². The second kappa shape index (κ2) is 4.84. The molecule has 0 aliphatic heterocycles. The standard InChI is InChI=1S/C15H19NO2/c1-9-7-8-10(2)15-14(9)12(11(3)16-15)5-4-6-13(17)18/h7-8,16H,4-6H2,1-3H3,(H,17,18). The molecule has 1 aromatic heterocycles. The molecule has 0 radical (unpaired) electrons. The van der Waals surface area contributed by atoms with Crippen LogP contribution in [0.3, 0.4) is 0 Å². The predicted octanol–water partition coefficient (Wildman–Crippen LogP) is 3.50. The van der Waals surface area contributed by atoms with Gasteiger partial charge in [0.05, 0.1) is 0 Å². The van der Waals surface area contributed by atoms with Crippen LogP contribution >= 0.6 is 0 Å². The van der Waals surface area contributed by atoms with Crippen LogP contribution in [0.2, 0.25) is 0 Å². The molecular formula is C15H19NO2. The Kier molecular flexibility index (Phi) is 3.41. The molecule has 2 aromatic rings. The van der Waals surface area contributed by atoms with Gasteiger partial charge in [-0.05, 0) is 50.3 Å². The highest BCUT2D eigenvalue weighted by Gasteiger charge is 2.12. The van der Waals surface area contributed by atoms with Crippen LogP contribution < -0.4 is 0 Å². The van der Waals surface area contributed by atoms with E-state index < -0.39 is 5.97 Å². The molecule has 3 nitrogen and oxygen atoms in total. The highest BCUT2D eigenvalue weighted by atomic mass is 16.4. The zero-order valence-electron chi connectivity index (χ0n) is 11.1. The molecule has 0 saturated carbocycles. The maximum atomic E-state index is 10.6. The van der Waals surface area contributed by atoms with Gasteiger partial charge in [-0.25, -0.2) is 0 Å². The normalized spacial score (nSPS) is 11.1. The van der Waals surface area contributed by atoms with Crippen LogP contribution in [0.4, 0.5) is 0 Å². The molecular weight excluding hydrogens is 226 g/mol. The first-order chi connectivity index (χ1) is 8.50. The maximum Gasteiger partial charge on any atom is 0.303 e. The Morgan fingerprint density at radius 1 is 1.22 bits per heavy atom. The Bertz CT molecular complexity index is 596. The summed E-state index contributed by atoms with van der Waals surface area (Å²) >= 11 is 0. The molecule has 0 bridgehead atoms. The lowest BCUT2D eigenvalue weighted by Crippen LogP contribution is -1.96. The first-order valence-electron chi connectivity index (χ1n) is 6.30. The predicted molar refractivity (Wildman–Crippen MR) is 73.1 cm³/mol. The summed E-state index contributed by atoms with van der Waals surface area (Å²) < 4.78 is 0. The third-order valence-corrected chi connectivity index (χ3v) is 3.51. The molecule has 3 heteroatoms. The molecule has 0 saturated heterocycles. The number of aryl methyl sites for hydroxylation is 4. The third-order valence-electron chi connectivity index (χ3n) is 3.51. The van der Waals surface area contributed by atoms with Crippen LogP contribution in [0.15, 0.2) is 12.1 Å². The largest absolute Gasteiger partial charge is 0.481 e. The fourth-order valence-electron chi connectivity index (χ4n) is 2.54. The number of carbonyl (C=O) groups is 1. The molecule has 18 heavy (non-hydrogen) atoms. The van der Waals surface area contributed by atoms with Gasteiger partial charge in [0.15, 0.2) is 0 Å². The van der Waals surface area contributed by atoms with E-state index in [9.17, 15) is 4.79 Å². The van der Waals surface area contributed by atoms with E-state index in [0.717, 1.165) is 12.1 Å². The average molecular weight is 245 g/mol. The van der Waals surface area contributed by atoms with Crippen molar-refractivity contribution >= 4 is 16.9 Å². The Labute approximate surface area is 107 Å². The molecule has 0 amide bonds. The van der Waals surface area contributed by atoms with Crippen molar-refractivity contribution in [1.82, 2.24) is 4.98 Å². The van der Waals surface area contributed by atoms with E-state index >= 15 is 0 Å². The van der Waals surface area contributed by atoms with Gasteiger partial charge in [0.2, 0.25) is 0 Å². The van der Waals surface area contributed by atoms with Gasteiger partial charge < -0.3 is 10.1 Å². The van der Waals surface area contributed by atoms with Gasteiger partial charge in [-0.2, -0.15) is 0 Å². The van der Waals surface area contributed by atoms with E-state index in [-0.39, 0.29) is 6.42 Å². The van der Waals surface area contributed by atoms with E-state index in [0.29, 0.717) is 6.42 Å². The van der Waals surface area contributed by atoms with Crippen LogP contribution in [0.1, 0.15) is 35.2 Å². The fourth-order valence-corrected chi connectivity index (χ4v) is 2.54. The smallest absolute Gasteiger partial charge is 0.303 e. The molecule has 0 unspecified atom stereocenters. The summed E-state index contributed by atoms with van der Waals surface area (Å²) in [5.74, 6) is -0.722. The van der Waals surface area contributed by atoms with Gasteiger partial charge in [-0.15, -0.1) is 0 Å². The van der Waals surface area contributed by atoms with Crippen molar-refractivity contribution < 1.29 is 9.90 Å². The summed E-state index contributed by atoms with van der Waals surface area (Å²) in [5.41, 5.74) is 6.12. The minimum Gasteiger partial charge on any atom is -0.481 e. The number of nitrogens with one attached hydrogen (secondary N) is 1. The van der Waals surface area contributed by atoms with Crippen molar-refractivity contribution in [3.63, 3.8) is 0 Å². The topological polar surface area (TPSA) is 53.1 Å². The number of aromatic amines is 1. The van der Waals surface area contributed by atoms with E-state index in [2.05, 4.69) is 37.9 Å². The monoisotopic (exact) mass is 245 g/mol. The van der Waals surface area contributed by atoms with Gasteiger partial charge in [0.1, 0.15) is 0 Å². The average Bonchev–Trinajstić information content (AvgIpc) is 2.63. The van der Waals surface area contributed by atoms with E-state index in [4.69, 9.17) is 5.11 Å². The molecule has 2 rings (SSSR count). The quantitative estimate of drug-likeness (QED) is 0.866. The van der Waals surface area contributed by atoms with Crippen molar-refractivity contribution in [3.05, 3.63) is 34.5 Å². The molecule has 2 N–H and O–H groups in total. The van der Waals surface area contributed by atoms with Crippen LogP contribution in [0.5, 0.6) is 0 Å². The first-order valence-corrected chi connectivity index (χ1v) is 6.30. The number of carboxylic acids is 1. The zero-order valence-corrected chi connectivity index (χ0v) is 11.1.